The number of hydrogen-bond acceptors (Lipinski definition) is 6. The molecular weight excluding hydrogens is 418 g/mol. The van der Waals surface area contributed by atoms with Crippen LogP contribution in [0, 0.1) is 0 Å². The fourth-order valence-corrected chi connectivity index (χ4v) is 3.53. The van der Waals surface area contributed by atoms with Gasteiger partial charge in [0.15, 0.2) is 11.5 Å². The van der Waals surface area contributed by atoms with Crippen LogP contribution in [0.25, 0.3) is 5.70 Å². The first-order chi connectivity index (χ1) is 14.5. The van der Waals surface area contributed by atoms with Gasteiger partial charge in [-0.1, -0.05) is 23.7 Å². The number of nitrogens with zero attached hydrogens (tertiary/aromatic N) is 3. The van der Waals surface area contributed by atoms with Crippen LogP contribution in [-0.2, 0) is 0 Å². The fraction of sp³-hybridized carbons (Fsp3) is 0.200. The van der Waals surface area contributed by atoms with Crippen LogP contribution in [-0.4, -0.2) is 35.6 Å². The van der Waals surface area contributed by atoms with E-state index in [2.05, 4.69) is 20.1 Å². The van der Waals surface area contributed by atoms with E-state index >= 15 is 0 Å². The molecule has 1 aliphatic rings. The number of alkyl halides is 2. The summed E-state index contributed by atoms with van der Waals surface area (Å²) in [5.41, 5.74) is 1.67. The number of nitrogens with one attached hydrogen (secondary N) is 1. The molecule has 1 aliphatic heterocycles. The monoisotopic (exact) mass is 434 g/mol. The summed E-state index contributed by atoms with van der Waals surface area (Å²) in [7, 11) is 3.09. The summed E-state index contributed by atoms with van der Waals surface area (Å²) in [6.45, 7) is -3.00. The molecule has 0 spiro atoms. The highest BCUT2D eigenvalue weighted by Gasteiger charge is 2.28. The number of ether oxygens (including phenoxy) is 3. The summed E-state index contributed by atoms with van der Waals surface area (Å²) < 4.78 is 43.2. The van der Waals surface area contributed by atoms with E-state index < -0.39 is 12.7 Å². The highest BCUT2D eigenvalue weighted by molar-refractivity contribution is 6.30. The van der Waals surface area contributed by atoms with Crippen LogP contribution in [0.4, 0.5) is 14.7 Å². The number of fused-ring (bicyclic) bond motifs is 1. The molecule has 7 nitrogen and oxygen atoms in total. The van der Waals surface area contributed by atoms with Gasteiger partial charge in [-0.3, -0.25) is 0 Å². The number of rotatable bonds is 6. The van der Waals surface area contributed by atoms with Crippen LogP contribution in [0.15, 0.2) is 48.8 Å². The van der Waals surface area contributed by atoms with Gasteiger partial charge >= 0.3 is 6.61 Å². The average molecular weight is 435 g/mol. The van der Waals surface area contributed by atoms with Gasteiger partial charge in [0.25, 0.3) is 0 Å². The van der Waals surface area contributed by atoms with Gasteiger partial charge in [-0.05, 0) is 30.3 Å². The predicted molar refractivity (Wildman–Crippen MR) is 107 cm³/mol. The largest absolute Gasteiger partial charge is 0.493 e. The molecule has 10 heteroatoms. The van der Waals surface area contributed by atoms with Gasteiger partial charge in [0.2, 0.25) is 5.95 Å². The third-order valence-electron chi connectivity index (χ3n) is 4.61. The molecule has 0 bridgehead atoms. The summed E-state index contributed by atoms with van der Waals surface area (Å²) in [4.78, 5) is 4.23. The number of allylic oxidation sites excluding steroid dienone is 1. The maximum Gasteiger partial charge on any atom is 0.387 e. The summed E-state index contributed by atoms with van der Waals surface area (Å²) in [5.74, 6) is 1.46. The molecule has 0 fully saturated rings. The summed E-state index contributed by atoms with van der Waals surface area (Å²) >= 11 is 5.98. The van der Waals surface area contributed by atoms with Crippen LogP contribution in [0.2, 0.25) is 5.02 Å². The maximum atomic E-state index is 13.0. The molecule has 4 rings (SSSR count). The number of methoxy groups -OCH3 is 2. The maximum absolute atomic E-state index is 13.0. The Hall–Kier alpha value is -3.33. The lowest BCUT2D eigenvalue weighted by molar-refractivity contribution is -0.0500. The van der Waals surface area contributed by atoms with E-state index in [4.69, 9.17) is 21.1 Å². The number of aromatic nitrogens is 3. The lowest BCUT2D eigenvalue weighted by Crippen LogP contribution is -2.21. The van der Waals surface area contributed by atoms with Gasteiger partial charge in [0.05, 0.1) is 19.9 Å². The first-order valence-corrected chi connectivity index (χ1v) is 9.23. The molecule has 1 aromatic heterocycles. The Kier molecular flexibility index (Phi) is 5.45. The third-order valence-corrected chi connectivity index (χ3v) is 4.84. The van der Waals surface area contributed by atoms with Crippen molar-refractivity contribution in [2.75, 3.05) is 19.5 Å². The number of benzene rings is 2. The number of anilines is 1. The Bertz CT molecular complexity index is 1100. The molecule has 1 N–H and O–H groups in total. The van der Waals surface area contributed by atoms with Crippen LogP contribution in [0.5, 0.6) is 17.2 Å². The Morgan fingerprint density at radius 2 is 1.97 bits per heavy atom. The van der Waals surface area contributed by atoms with Crippen molar-refractivity contribution >= 4 is 23.2 Å². The molecule has 0 saturated heterocycles. The molecule has 3 aromatic rings. The van der Waals surface area contributed by atoms with Crippen LogP contribution >= 0.6 is 11.6 Å². The third kappa shape index (κ3) is 3.63. The number of halogens is 3. The number of para-hydroxylation sites is 1. The molecule has 30 heavy (non-hydrogen) atoms. The first-order valence-electron chi connectivity index (χ1n) is 8.85. The van der Waals surface area contributed by atoms with Crippen LogP contribution < -0.4 is 19.5 Å². The van der Waals surface area contributed by atoms with Gasteiger partial charge in [-0.2, -0.15) is 18.9 Å². The Balaban J connectivity index is 1.86. The van der Waals surface area contributed by atoms with Crippen molar-refractivity contribution in [1.29, 1.82) is 0 Å². The summed E-state index contributed by atoms with van der Waals surface area (Å²) in [6.07, 6.45) is 3.22. The standard InChI is InChI=1S/C20H17ClF2N4O3/c1-28-16-5-3-4-13(18(16)29-2)15-9-14(26-20-24-10-25-27(15)20)12-7-6-11(21)8-17(12)30-19(22)23/h3-10,15,19H,1-2H3,(H,24,25,26)/t15-/m1/s1. The molecule has 0 unspecified atom stereocenters. The minimum absolute atomic E-state index is 0.0550. The van der Waals surface area contributed by atoms with Gasteiger partial charge in [-0.15, -0.1) is 0 Å². The van der Waals surface area contributed by atoms with Gasteiger partial charge in [-0.25, -0.2) is 4.68 Å². The minimum atomic E-state index is -3.00. The second-order valence-electron chi connectivity index (χ2n) is 6.28. The van der Waals surface area contributed by atoms with E-state index in [1.807, 2.05) is 18.2 Å². The first kappa shape index (κ1) is 20.0. The molecule has 0 radical (unpaired) electrons. The SMILES string of the molecule is COc1cccc([C@H]2C=C(c3ccc(Cl)cc3OC(F)F)Nc3ncnn32)c1OC. The highest BCUT2D eigenvalue weighted by Crippen LogP contribution is 2.41. The van der Waals surface area contributed by atoms with E-state index in [0.29, 0.717) is 28.7 Å². The Morgan fingerprint density at radius 1 is 1.13 bits per heavy atom. The lowest BCUT2D eigenvalue weighted by atomic mass is 10.00. The van der Waals surface area contributed by atoms with Gasteiger partial charge in [0.1, 0.15) is 18.1 Å². The lowest BCUT2D eigenvalue weighted by Gasteiger charge is -2.26. The van der Waals surface area contributed by atoms with Crippen LogP contribution in [0.1, 0.15) is 17.2 Å². The molecule has 156 valence electrons. The van der Waals surface area contributed by atoms with E-state index in [0.717, 1.165) is 5.56 Å². The van der Waals surface area contributed by atoms with E-state index in [9.17, 15) is 8.78 Å². The summed E-state index contributed by atoms with van der Waals surface area (Å²) in [6, 6.07) is 9.57. The molecular formula is C20H17ClF2N4O3. The van der Waals surface area contributed by atoms with E-state index in [1.165, 1.54) is 12.4 Å². The van der Waals surface area contributed by atoms with Crippen molar-refractivity contribution in [2.24, 2.45) is 0 Å². The zero-order chi connectivity index (χ0) is 21.3. The molecule has 0 saturated carbocycles. The fourth-order valence-electron chi connectivity index (χ4n) is 3.37. The van der Waals surface area contributed by atoms with Crippen molar-refractivity contribution < 1.29 is 23.0 Å². The van der Waals surface area contributed by atoms with Crippen LogP contribution in [0.3, 0.4) is 0 Å². The molecule has 1 atom stereocenters. The normalized spacial score (nSPS) is 15.3. The second kappa shape index (κ2) is 8.19. The van der Waals surface area contributed by atoms with E-state index in [-0.39, 0.29) is 10.8 Å². The molecule has 2 heterocycles. The van der Waals surface area contributed by atoms with Gasteiger partial charge < -0.3 is 19.5 Å². The average Bonchev–Trinajstić information content (AvgIpc) is 3.20. The smallest absolute Gasteiger partial charge is 0.387 e. The van der Waals surface area contributed by atoms with E-state index in [1.54, 1.807) is 37.1 Å². The summed E-state index contributed by atoms with van der Waals surface area (Å²) in [5, 5.41) is 7.67. The predicted octanol–water partition coefficient (Wildman–Crippen LogP) is 4.61. The number of hydrogen-bond donors (Lipinski definition) is 1. The minimum Gasteiger partial charge on any atom is -0.493 e. The zero-order valence-corrected chi connectivity index (χ0v) is 16.7. The Morgan fingerprint density at radius 3 is 2.70 bits per heavy atom. The molecule has 0 amide bonds. The van der Waals surface area contributed by atoms with Crippen molar-refractivity contribution in [3.8, 4) is 17.2 Å². The van der Waals surface area contributed by atoms with Crippen molar-refractivity contribution in [2.45, 2.75) is 12.7 Å². The Labute approximate surface area is 175 Å². The zero-order valence-electron chi connectivity index (χ0n) is 16.0. The highest BCUT2D eigenvalue weighted by atomic mass is 35.5. The second-order valence-corrected chi connectivity index (χ2v) is 6.72. The topological polar surface area (TPSA) is 70.4 Å². The van der Waals surface area contributed by atoms with Crippen molar-refractivity contribution in [1.82, 2.24) is 14.8 Å². The molecule has 2 aromatic carbocycles. The quantitative estimate of drug-likeness (QED) is 0.611. The van der Waals surface area contributed by atoms with Gasteiger partial charge in [0, 0.05) is 16.1 Å². The molecule has 0 aliphatic carbocycles. The van der Waals surface area contributed by atoms with Crippen molar-refractivity contribution in [3.05, 3.63) is 65.0 Å². The van der Waals surface area contributed by atoms with Crippen molar-refractivity contribution in [3.63, 3.8) is 0 Å².